The van der Waals surface area contributed by atoms with Crippen molar-refractivity contribution in [2.75, 3.05) is 12.3 Å². The van der Waals surface area contributed by atoms with E-state index >= 15 is 0 Å². The number of esters is 1. The van der Waals surface area contributed by atoms with Gasteiger partial charge in [0.25, 0.3) is 0 Å². The third-order valence-corrected chi connectivity index (χ3v) is 1.31. The van der Waals surface area contributed by atoms with Gasteiger partial charge in [-0.3, -0.25) is 0 Å². The molecule has 0 saturated carbocycles. The highest BCUT2D eigenvalue weighted by Gasteiger charge is 2.08. The highest BCUT2D eigenvalue weighted by atomic mass is 16.5. The largest absolute Gasteiger partial charge is 0.462 e. The molecule has 0 saturated heterocycles. The Balaban J connectivity index is 2.87. The molecule has 3 heteroatoms. The average Bonchev–Trinajstić information content (AvgIpc) is 2.05. The second-order valence-electron chi connectivity index (χ2n) is 2.15. The fourth-order valence-electron chi connectivity index (χ4n) is 0.773. The van der Waals surface area contributed by atoms with E-state index in [1.165, 1.54) is 0 Å². The smallest absolute Gasteiger partial charge is 0.348 e. The van der Waals surface area contributed by atoms with Gasteiger partial charge in [0.2, 0.25) is 0 Å². The molecule has 2 N–H and O–H groups in total. The van der Waals surface area contributed by atoms with Gasteiger partial charge in [0, 0.05) is 0 Å². The minimum absolute atomic E-state index is 0.249. The molecule has 0 aliphatic heterocycles. The van der Waals surface area contributed by atoms with E-state index in [2.05, 4.69) is 12.1 Å². The lowest BCUT2D eigenvalue weighted by Crippen LogP contribution is -2.06. The van der Waals surface area contributed by atoms with Gasteiger partial charge in [-0.2, -0.15) is 0 Å². The van der Waals surface area contributed by atoms with Gasteiger partial charge in [0.05, 0.1) is 12.3 Å². The van der Waals surface area contributed by atoms with Crippen LogP contribution in [-0.4, -0.2) is 12.6 Å². The van der Waals surface area contributed by atoms with Crippen molar-refractivity contribution in [3.8, 4) is 0 Å². The van der Waals surface area contributed by atoms with Crippen molar-refractivity contribution in [2.24, 2.45) is 0 Å². The zero-order chi connectivity index (χ0) is 8.97. The predicted octanol–water partition coefficient (Wildman–Crippen LogP) is 1.05. The number of carbonyl (C=O) groups is 1. The molecule has 0 amide bonds. The van der Waals surface area contributed by atoms with Crippen LogP contribution in [0.25, 0.3) is 0 Å². The summed E-state index contributed by atoms with van der Waals surface area (Å²) in [6.07, 6.45) is 0. The van der Waals surface area contributed by atoms with Gasteiger partial charge in [-0.15, -0.1) is 0 Å². The second-order valence-corrected chi connectivity index (χ2v) is 2.15. The van der Waals surface area contributed by atoms with Crippen molar-refractivity contribution in [1.29, 1.82) is 0 Å². The Labute approximate surface area is 71.1 Å². The maximum Gasteiger partial charge on any atom is 0.348 e. The molecule has 0 aromatic heterocycles. The van der Waals surface area contributed by atoms with E-state index in [0.717, 1.165) is 0 Å². The number of hydrogen-bond acceptors (Lipinski definition) is 3. The van der Waals surface area contributed by atoms with Gasteiger partial charge in [0.15, 0.2) is 0 Å². The maximum atomic E-state index is 11.1. The van der Waals surface area contributed by atoms with Crippen LogP contribution in [0.3, 0.4) is 0 Å². The topological polar surface area (TPSA) is 52.3 Å². The zero-order valence-corrected chi connectivity index (χ0v) is 6.76. The summed E-state index contributed by atoms with van der Waals surface area (Å²) < 4.78 is 4.74. The number of anilines is 1. The SMILES string of the molecule is CCOC(=O)c1c#cccc1N. The molecule has 1 aromatic rings. The number of nitrogen functional groups attached to an aromatic ring is 1. The van der Waals surface area contributed by atoms with E-state index in [1.807, 2.05) is 0 Å². The number of hydrogen-bond donors (Lipinski definition) is 1. The normalized spacial score (nSPS) is 8.75. The highest BCUT2D eigenvalue weighted by molar-refractivity contribution is 5.94. The molecule has 12 heavy (non-hydrogen) atoms. The van der Waals surface area contributed by atoms with E-state index in [4.69, 9.17) is 10.5 Å². The first-order valence-electron chi connectivity index (χ1n) is 3.60. The predicted molar refractivity (Wildman–Crippen MR) is 44.5 cm³/mol. The van der Waals surface area contributed by atoms with Gasteiger partial charge in [-0.1, -0.05) is 12.1 Å². The molecule has 0 radical (unpaired) electrons. The highest BCUT2D eigenvalue weighted by Crippen LogP contribution is 2.07. The lowest BCUT2D eigenvalue weighted by atomic mass is 10.2. The van der Waals surface area contributed by atoms with Crippen LogP contribution in [0, 0.1) is 12.1 Å². The van der Waals surface area contributed by atoms with Crippen molar-refractivity contribution < 1.29 is 9.53 Å². The van der Waals surface area contributed by atoms with Crippen molar-refractivity contribution in [3.05, 3.63) is 29.8 Å². The Morgan fingerprint density at radius 1 is 1.75 bits per heavy atom. The number of ether oxygens (including phenoxy) is 1. The van der Waals surface area contributed by atoms with E-state index in [-0.39, 0.29) is 5.56 Å². The summed E-state index contributed by atoms with van der Waals surface area (Å²) in [6, 6.07) is 8.41. The zero-order valence-electron chi connectivity index (χ0n) is 6.76. The summed E-state index contributed by atoms with van der Waals surface area (Å²) >= 11 is 0. The molecule has 0 spiro atoms. The van der Waals surface area contributed by atoms with Gasteiger partial charge in [-0.05, 0) is 19.1 Å². The van der Waals surface area contributed by atoms with Crippen LogP contribution in [-0.2, 0) is 4.74 Å². The summed E-state index contributed by atoms with van der Waals surface area (Å²) in [5, 5.41) is 0. The molecule has 0 atom stereocenters. The van der Waals surface area contributed by atoms with Gasteiger partial charge >= 0.3 is 5.97 Å². The molecule has 3 nitrogen and oxygen atoms in total. The fraction of sp³-hybridized carbons (Fsp3) is 0.222. The van der Waals surface area contributed by atoms with Gasteiger partial charge < -0.3 is 10.5 Å². The van der Waals surface area contributed by atoms with Crippen LogP contribution in [0.2, 0.25) is 0 Å². The summed E-state index contributed by atoms with van der Waals surface area (Å²) in [4.78, 5) is 11.1. The third-order valence-electron chi connectivity index (χ3n) is 1.31. The third kappa shape index (κ3) is 1.67. The second kappa shape index (κ2) is 3.63. The Kier molecular flexibility index (Phi) is 2.54. The van der Waals surface area contributed by atoms with Crippen LogP contribution >= 0.6 is 0 Å². The lowest BCUT2D eigenvalue weighted by molar-refractivity contribution is 0.0527. The minimum Gasteiger partial charge on any atom is -0.462 e. The van der Waals surface area contributed by atoms with Crippen molar-refractivity contribution >= 4 is 11.7 Å². The Bertz CT molecular complexity index is 284. The first-order chi connectivity index (χ1) is 5.75. The molecule has 0 unspecified atom stereocenters. The molecular weight excluding hydrogens is 154 g/mol. The van der Waals surface area contributed by atoms with E-state index in [0.29, 0.717) is 12.3 Å². The minimum atomic E-state index is -0.452. The number of rotatable bonds is 2. The standard InChI is InChI=1S/C9H9NO2/c1-2-12-9(11)7-5-3-4-6-8(7)10/h4,6H,2,10H2,1H3. The quantitative estimate of drug-likeness (QED) is 0.663. The summed E-state index contributed by atoms with van der Waals surface area (Å²) in [6.45, 7) is 2.07. The summed E-state index contributed by atoms with van der Waals surface area (Å²) in [7, 11) is 0. The molecule has 1 rings (SSSR count). The first-order valence-corrected chi connectivity index (χ1v) is 3.60. The molecule has 62 valence electrons. The summed E-state index contributed by atoms with van der Waals surface area (Å²) in [5.74, 6) is -0.452. The molecule has 0 heterocycles. The average molecular weight is 163 g/mol. The summed E-state index contributed by atoms with van der Waals surface area (Å²) in [5.41, 5.74) is 6.12. The van der Waals surface area contributed by atoms with Crippen LogP contribution in [0.15, 0.2) is 12.1 Å². The Morgan fingerprint density at radius 2 is 2.50 bits per heavy atom. The molecule has 0 aliphatic rings. The molecule has 0 fully saturated rings. The van der Waals surface area contributed by atoms with Crippen LogP contribution in [0.5, 0.6) is 0 Å². The van der Waals surface area contributed by atoms with Crippen LogP contribution < -0.4 is 5.73 Å². The van der Waals surface area contributed by atoms with Crippen LogP contribution in [0.1, 0.15) is 17.3 Å². The van der Waals surface area contributed by atoms with E-state index in [9.17, 15) is 4.79 Å². The number of nitrogens with two attached hydrogens (primary N) is 1. The first kappa shape index (κ1) is 8.41. The van der Waals surface area contributed by atoms with Gasteiger partial charge in [-0.25, -0.2) is 4.79 Å². The molecule has 1 aromatic carbocycles. The van der Waals surface area contributed by atoms with E-state index < -0.39 is 5.97 Å². The van der Waals surface area contributed by atoms with Crippen molar-refractivity contribution in [2.45, 2.75) is 6.92 Å². The van der Waals surface area contributed by atoms with Crippen LogP contribution in [0.4, 0.5) is 5.69 Å². The Hall–Kier alpha value is -1.69. The van der Waals surface area contributed by atoms with Crippen molar-refractivity contribution in [1.82, 2.24) is 0 Å². The maximum absolute atomic E-state index is 11.1. The lowest BCUT2D eigenvalue weighted by Gasteiger charge is -2.00. The molecular formula is C9H9NO2. The monoisotopic (exact) mass is 163 g/mol. The Morgan fingerprint density at radius 3 is 3.08 bits per heavy atom. The molecule has 0 aliphatic carbocycles. The fourth-order valence-corrected chi connectivity index (χ4v) is 0.773. The van der Waals surface area contributed by atoms with E-state index in [1.54, 1.807) is 19.1 Å². The van der Waals surface area contributed by atoms with Gasteiger partial charge in [0.1, 0.15) is 5.56 Å². The van der Waals surface area contributed by atoms with Crippen molar-refractivity contribution in [3.63, 3.8) is 0 Å². The molecule has 0 bridgehead atoms. The number of carbonyl (C=O) groups excluding carboxylic acids is 1.